The second-order valence-corrected chi connectivity index (χ2v) is 4.38. The first-order valence-corrected chi connectivity index (χ1v) is 5.86. The van der Waals surface area contributed by atoms with Gasteiger partial charge in [-0.05, 0) is 12.1 Å². The molecule has 0 spiro atoms. The molecule has 0 fully saturated rings. The van der Waals surface area contributed by atoms with Crippen LogP contribution in [-0.4, -0.2) is 34.4 Å². The van der Waals surface area contributed by atoms with Crippen LogP contribution in [0.5, 0.6) is 11.5 Å². The summed E-state index contributed by atoms with van der Waals surface area (Å²) in [6, 6.07) is 2.75. The van der Waals surface area contributed by atoms with Crippen LogP contribution < -0.4 is 9.47 Å². The first-order chi connectivity index (χ1) is 9.61. The number of nitrogens with one attached hydrogen (secondary N) is 1. The van der Waals surface area contributed by atoms with Crippen LogP contribution >= 0.6 is 11.6 Å². The van der Waals surface area contributed by atoms with E-state index in [2.05, 4.69) is 10.2 Å². The summed E-state index contributed by atoms with van der Waals surface area (Å²) in [5, 5.41) is 15.4. The number of benzene rings is 1. The minimum atomic E-state index is -1.14. The number of carboxylic acid groups (broad SMARTS) is 1. The number of carboxylic acids is 1. The number of hydrogen-bond acceptors (Lipinski definition) is 5. The molecule has 1 aromatic carbocycles. The molecule has 0 radical (unpaired) electrons. The van der Waals surface area contributed by atoms with E-state index in [0.717, 1.165) is 0 Å². The lowest BCUT2D eigenvalue weighted by Crippen LogP contribution is -1.95. The Balaban J connectivity index is 2.21. The maximum Gasteiger partial charge on any atom is 0.353 e. The van der Waals surface area contributed by atoms with E-state index in [-0.39, 0.29) is 34.6 Å². The zero-order valence-electron chi connectivity index (χ0n) is 9.84. The summed E-state index contributed by atoms with van der Waals surface area (Å²) in [7, 11) is 0. The number of ether oxygens (including phenoxy) is 2. The molecule has 2 heterocycles. The van der Waals surface area contributed by atoms with E-state index in [1.54, 1.807) is 0 Å². The largest absolute Gasteiger partial charge is 0.477 e. The van der Waals surface area contributed by atoms with Crippen molar-refractivity contribution in [2.75, 3.05) is 6.79 Å². The molecule has 2 aromatic rings. The maximum absolute atomic E-state index is 11.0. The monoisotopic (exact) mass is 294 g/mol. The number of carbonyl (C=O) groups is 2. The van der Waals surface area contributed by atoms with Crippen LogP contribution in [0.1, 0.15) is 20.8 Å². The summed E-state index contributed by atoms with van der Waals surface area (Å²) in [6.45, 7) is -0.0419. The molecule has 0 saturated carbocycles. The summed E-state index contributed by atoms with van der Waals surface area (Å²) in [5.74, 6) is -0.583. The summed E-state index contributed by atoms with van der Waals surface area (Å²) in [6.07, 6.45) is 0.608. The van der Waals surface area contributed by atoms with Gasteiger partial charge in [-0.3, -0.25) is 9.89 Å². The van der Waals surface area contributed by atoms with E-state index in [1.165, 1.54) is 12.1 Å². The number of aldehydes is 1. The zero-order valence-corrected chi connectivity index (χ0v) is 10.6. The molecule has 20 heavy (non-hydrogen) atoms. The molecule has 7 nitrogen and oxygen atoms in total. The Morgan fingerprint density at radius 3 is 2.80 bits per heavy atom. The van der Waals surface area contributed by atoms with Crippen molar-refractivity contribution in [2.24, 2.45) is 0 Å². The van der Waals surface area contributed by atoms with Crippen LogP contribution in [0.4, 0.5) is 0 Å². The Morgan fingerprint density at radius 2 is 2.15 bits per heavy atom. The molecule has 102 valence electrons. The molecule has 0 aliphatic carbocycles. The molecule has 3 rings (SSSR count). The Bertz CT molecular complexity index is 725. The van der Waals surface area contributed by atoms with Crippen LogP contribution in [-0.2, 0) is 0 Å². The van der Waals surface area contributed by atoms with Gasteiger partial charge in [0.1, 0.15) is 5.69 Å². The van der Waals surface area contributed by atoms with Gasteiger partial charge in [-0.25, -0.2) is 4.79 Å². The average molecular weight is 295 g/mol. The molecule has 1 aromatic heterocycles. The molecule has 8 heteroatoms. The number of hydrogen-bond donors (Lipinski definition) is 2. The van der Waals surface area contributed by atoms with Crippen LogP contribution in [0.2, 0.25) is 5.02 Å². The van der Waals surface area contributed by atoms with E-state index in [4.69, 9.17) is 26.2 Å². The van der Waals surface area contributed by atoms with Crippen molar-refractivity contribution in [1.29, 1.82) is 0 Å². The Labute approximate surface area is 117 Å². The van der Waals surface area contributed by atoms with Crippen molar-refractivity contribution < 1.29 is 24.2 Å². The van der Waals surface area contributed by atoms with Crippen molar-refractivity contribution in [2.45, 2.75) is 0 Å². The van der Waals surface area contributed by atoms with E-state index < -0.39 is 5.97 Å². The van der Waals surface area contributed by atoms with Crippen molar-refractivity contribution in [3.8, 4) is 22.8 Å². The number of fused-ring (bicyclic) bond motifs is 1. The fourth-order valence-corrected chi connectivity index (χ4v) is 2.25. The summed E-state index contributed by atoms with van der Waals surface area (Å²) >= 11 is 6.12. The lowest BCUT2D eigenvalue weighted by molar-refractivity contribution is 0.0690. The van der Waals surface area contributed by atoms with E-state index in [9.17, 15) is 9.59 Å². The number of H-pyrrole nitrogens is 1. The minimum absolute atomic E-state index is 0.0419. The zero-order chi connectivity index (χ0) is 14.3. The highest BCUT2D eigenvalue weighted by Crippen LogP contribution is 2.46. The normalized spacial score (nSPS) is 12.4. The van der Waals surface area contributed by atoms with Crippen LogP contribution in [0.3, 0.4) is 0 Å². The number of aromatic amines is 1. The molecular formula is C12H7ClN2O5. The van der Waals surface area contributed by atoms with E-state index in [0.29, 0.717) is 17.5 Å². The predicted octanol–water partition coefficient (Wildman–Crippen LogP) is 1.97. The molecule has 0 amide bonds. The molecule has 2 N–H and O–H groups in total. The van der Waals surface area contributed by atoms with Gasteiger partial charge >= 0.3 is 5.97 Å². The molecule has 0 saturated heterocycles. The fourth-order valence-electron chi connectivity index (χ4n) is 1.95. The molecular weight excluding hydrogens is 288 g/mol. The maximum atomic E-state index is 11.0. The highest BCUT2D eigenvalue weighted by atomic mass is 35.5. The fraction of sp³-hybridized carbons (Fsp3) is 0.0833. The lowest BCUT2D eigenvalue weighted by atomic mass is 10.1. The van der Waals surface area contributed by atoms with Crippen molar-refractivity contribution >= 4 is 23.9 Å². The number of carbonyl (C=O) groups excluding carboxylic acids is 1. The number of nitrogens with zero attached hydrogens (tertiary/aromatic N) is 1. The summed E-state index contributed by atoms with van der Waals surface area (Å²) < 4.78 is 10.5. The quantitative estimate of drug-likeness (QED) is 0.839. The highest BCUT2D eigenvalue weighted by Gasteiger charge is 2.27. The van der Waals surface area contributed by atoms with Gasteiger partial charge in [-0.2, -0.15) is 5.10 Å². The SMILES string of the molecule is O=Cc1cc(Cl)c(-c2cc(C(=O)O)[nH]n2)c2c1OCO2. The second kappa shape index (κ2) is 4.53. The smallest absolute Gasteiger partial charge is 0.353 e. The first kappa shape index (κ1) is 12.5. The van der Waals surface area contributed by atoms with Gasteiger partial charge in [0.25, 0.3) is 0 Å². The standard InChI is InChI=1S/C12H7ClN2O5/c13-6-1-5(3-16)10-11(20-4-19-10)9(6)7-2-8(12(17)18)15-14-7/h1-3H,4H2,(H,14,15)(H,17,18). The Hall–Kier alpha value is -2.54. The van der Waals surface area contributed by atoms with Crippen molar-refractivity contribution in [3.05, 3.63) is 28.4 Å². The molecule has 0 unspecified atom stereocenters. The second-order valence-electron chi connectivity index (χ2n) is 3.98. The summed E-state index contributed by atoms with van der Waals surface area (Å²) in [5.41, 5.74) is 0.864. The first-order valence-electron chi connectivity index (χ1n) is 5.48. The third-order valence-electron chi connectivity index (χ3n) is 2.81. The highest BCUT2D eigenvalue weighted by molar-refractivity contribution is 6.34. The predicted molar refractivity (Wildman–Crippen MR) is 67.5 cm³/mol. The van der Waals surface area contributed by atoms with Crippen LogP contribution in [0, 0.1) is 0 Å². The third kappa shape index (κ3) is 1.79. The van der Waals surface area contributed by atoms with Gasteiger partial charge in [0.15, 0.2) is 17.8 Å². The lowest BCUT2D eigenvalue weighted by Gasteiger charge is -2.07. The Kier molecular flexibility index (Phi) is 2.83. The van der Waals surface area contributed by atoms with Gasteiger partial charge in [0.2, 0.25) is 6.79 Å². The van der Waals surface area contributed by atoms with Gasteiger partial charge in [-0.15, -0.1) is 0 Å². The molecule has 0 atom stereocenters. The van der Waals surface area contributed by atoms with Gasteiger partial charge in [0, 0.05) is 0 Å². The summed E-state index contributed by atoms with van der Waals surface area (Å²) in [4.78, 5) is 21.8. The minimum Gasteiger partial charge on any atom is -0.477 e. The van der Waals surface area contributed by atoms with E-state index >= 15 is 0 Å². The number of rotatable bonds is 3. The molecule has 0 bridgehead atoms. The molecule has 1 aliphatic rings. The van der Waals surface area contributed by atoms with E-state index in [1.807, 2.05) is 0 Å². The third-order valence-corrected chi connectivity index (χ3v) is 3.11. The number of aromatic carboxylic acids is 1. The number of aromatic nitrogens is 2. The topological polar surface area (TPSA) is 102 Å². The van der Waals surface area contributed by atoms with Gasteiger partial charge < -0.3 is 14.6 Å². The van der Waals surface area contributed by atoms with Crippen molar-refractivity contribution in [1.82, 2.24) is 10.2 Å². The van der Waals surface area contributed by atoms with Gasteiger partial charge in [0.05, 0.1) is 21.8 Å². The Morgan fingerprint density at radius 1 is 1.40 bits per heavy atom. The van der Waals surface area contributed by atoms with Crippen LogP contribution in [0.15, 0.2) is 12.1 Å². The average Bonchev–Trinajstić information content (AvgIpc) is 3.06. The van der Waals surface area contributed by atoms with Crippen LogP contribution in [0.25, 0.3) is 11.3 Å². The molecule has 1 aliphatic heterocycles. The van der Waals surface area contributed by atoms with Gasteiger partial charge in [-0.1, -0.05) is 11.6 Å². The number of halogens is 1. The van der Waals surface area contributed by atoms with Crippen molar-refractivity contribution in [3.63, 3.8) is 0 Å².